The van der Waals surface area contributed by atoms with E-state index in [9.17, 15) is 19.8 Å². The minimum Gasteiger partial charge on any atom is -0.476 e. The summed E-state index contributed by atoms with van der Waals surface area (Å²) < 4.78 is 0. The second kappa shape index (κ2) is 6.91. The van der Waals surface area contributed by atoms with Gasteiger partial charge >= 0.3 is 5.97 Å². The molecule has 118 valence electrons. The van der Waals surface area contributed by atoms with E-state index in [1.807, 2.05) is 0 Å². The van der Waals surface area contributed by atoms with Crippen molar-refractivity contribution in [3.8, 4) is 0 Å². The summed E-state index contributed by atoms with van der Waals surface area (Å²) in [6, 6.07) is 4.69. The van der Waals surface area contributed by atoms with Gasteiger partial charge < -0.3 is 15.3 Å². The van der Waals surface area contributed by atoms with Crippen molar-refractivity contribution in [3.63, 3.8) is 0 Å². The van der Waals surface area contributed by atoms with Gasteiger partial charge in [0.25, 0.3) is 0 Å². The van der Waals surface area contributed by atoms with Crippen LogP contribution in [0.2, 0.25) is 0 Å². The number of benzene rings is 1. The summed E-state index contributed by atoms with van der Waals surface area (Å²) in [6.07, 6.45) is -1.95. The molecule has 7 nitrogen and oxygen atoms in total. The number of thioether (sulfide) groups is 1. The molecule has 0 fully saturated rings. The number of hydrogen-bond acceptors (Lipinski definition) is 6. The number of fused-ring (bicyclic) bond motifs is 1. The van der Waals surface area contributed by atoms with Gasteiger partial charge in [0.2, 0.25) is 0 Å². The third-order valence-corrected chi connectivity index (χ3v) is 4.06. The fourth-order valence-electron chi connectivity index (χ4n) is 2.08. The van der Waals surface area contributed by atoms with Gasteiger partial charge in [-0.2, -0.15) is 5.10 Å². The van der Waals surface area contributed by atoms with Gasteiger partial charge in [-0.1, -0.05) is 17.8 Å². The Kier molecular flexibility index (Phi) is 5.17. The Morgan fingerprint density at radius 2 is 2.09 bits per heavy atom. The molecule has 1 heterocycles. The van der Waals surface area contributed by atoms with E-state index in [0.717, 1.165) is 11.8 Å². The molecule has 2 atom stereocenters. The highest BCUT2D eigenvalue weighted by Crippen LogP contribution is 2.25. The molecule has 2 unspecified atom stereocenters. The Labute approximate surface area is 130 Å². The van der Waals surface area contributed by atoms with Gasteiger partial charge in [-0.25, -0.2) is 4.79 Å². The first kappa shape index (κ1) is 16.5. The van der Waals surface area contributed by atoms with Gasteiger partial charge in [-0.15, -0.1) is 0 Å². The molecule has 0 amide bonds. The van der Waals surface area contributed by atoms with Gasteiger partial charge in [0.15, 0.2) is 10.8 Å². The van der Waals surface area contributed by atoms with Crippen LogP contribution >= 0.6 is 11.8 Å². The largest absolute Gasteiger partial charge is 0.476 e. The molecule has 0 saturated carbocycles. The molecular formula is C14H16N2O5S. The summed E-state index contributed by atoms with van der Waals surface area (Å²) in [7, 11) is 0. The number of nitrogens with zero attached hydrogens (tertiary/aromatic N) is 1. The fourth-order valence-corrected chi connectivity index (χ4v) is 2.73. The molecule has 0 aliphatic carbocycles. The van der Waals surface area contributed by atoms with Crippen molar-refractivity contribution in [1.82, 2.24) is 10.2 Å². The van der Waals surface area contributed by atoms with Crippen molar-refractivity contribution in [2.24, 2.45) is 0 Å². The van der Waals surface area contributed by atoms with Crippen molar-refractivity contribution in [2.75, 3.05) is 5.75 Å². The first-order chi connectivity index (χ1) is 10.4. The molecule has 0 spiro atoms. The molecule has 0 aliphatic heterocycles. The Morgan fingerprint density at radius 1 is 1.36 bits per heavy atom. The van der Waals surface area contributed by atoms with Gasteiger partial charge in [0, 0.05) is 18.1 Å². The van der Waals surface area contributed by atoms with Crippen LogP contribution in [0.4, 0.5) is 0 Å². The Hall–Kier alpha value is -1.90. The Balaban J connectivity index is 2.16. The number of aliphatic hydroxyl groups excluding tert-OH is 2. The number of aromatic amines is 1. The third kappa shape index (κ3) is 3.65. The zero-order valence-electron chi connectivity index (χ0n) is 11.8. The van der Waals surface area contributed by atoms with Crippen molar-refractivity contribution >= 4 is 33.7 Å². The second-order valence-corrected chi connectivity index (χ2v) is 6.10. The first-order valence-electron chi connectivity index (χ1n) is 6.61. The van der Waals surface area contributed by atoms with E-state index in [0.29, 0.717) is 22.2 Å². The summed E-state index contributed by atoms with van der Waals surface area (Å²) in [5.74, 6) is -0.765. The number of rotatable bonds is 6. The molecule has 0 bridgehead atoms. The highest BCUT2D eigenvalue weighted by Gasteiger charge is 2.20. The predicted octanol–water partition coefficient (Wildman–Crippen LogP) is 1.33. The van der Waals surface area contributed by atoms with E-state index in [2.05, 4.69) is 10.2 Å². The lowest BCUT2D eigenvalue weighted by atomic mass is 10.0. The third-order valence-electron chi connectivity index (χ3n) is 3.21. The Morgan fingerprint density at radius 3 is 2.73 bits per heavy atom. The van der Waals surface area contributed by atoms with Gasteiger partial charge in [0.1, 0.15) is 6.10 Å². The van der Waals surface area contributed by atoms with Crippen LogP contribution in [0.15, 0.2) is 18.2 Å². The fraction of sp³-hybridized carbons (Fsp3) is 0.357. The number of carboxylic acids is 1. The number of carbonyl (C=O) groups is 2. The highest BCUT2D eigenvalue weighted by molar-refractivity contribution is 8.13. The van der Waals surface area contributed by atoms with E-state index >= 15 is 0 Å². The maximum atomic E-state index is 11.1. The zero-order chi connectivity index (χ0) is 16.3. The molecular weight excluding hydrogens is 308 g/mol. The zero-order valence-corrected chi connectivity index (χ0v) is 12.6. The van der Waals surface area contributed by atoms with Crippen LogP contribution in [0.5, 0.6) is 0 Å². The van der Waals surface area contributed by atoms with E-state index in [-0.39, 0.29) is 17.2 Å². The van der Waals surface area contributed by atoms with Gasteiger partial charge in [0.05, 0.1) is 11.6 Å². The molecule has 1 aromatic heterocycles. The SMILES string of the molecule is CC(=O)SCCC(O)C(O)c1ccc2[nH]nc(C(=O)O)c2c1. The number of aromatic nitrogens is 2. The number of H-pyrrole nitrogens is 1. The monoisotopic (exact) mass is 324 g/mol. The normalized spacial score (nSPS) is 14.0. The predicted molar refractivity (Wildman–Crippen MR) is 81.8 cm³/mol. The van der Waals surface area contributed by atoms with Crippen molar-refractivity contribution < 1.29 is 24.9 Å². The molecule has 2 rings (SSSR count). The van der Waals surface area contributed by atoms with Crippen LogP contribution in [0.25, 0.3) is 10.9 Å². The van der Waals surface area contributed by atoms with Crippen LogP contribution < -0.4 is 0 Å². The average molecular weight is 324 g/mol. The molecule has 2 aromatic rings. The average Bonchev–Trinajstić information content (AvgIpc) is 2.88. The number of carbonyl (C=O) groups excluding carboxylic acids is 1. The molecule has 8 heteroatoms. The molecule has 0 aliphatic rings. The highest BCUT2D eigenvalue weighted by atomic mass is 32.2. The van der Waals surface area contributed by atoms with Crippen LogP contribution in [0.3, 0.4) is 0 Å². The maximum Gasteiger partial charge on any atom is 0.357 e. The van der Waals surface area contributed by atoms with E-state index in [1.54, 1.807) is 12.1 Å². The van der Waals surface area contributed by atoms with Crippen LogP contribution in [-0.4, -0.2) is 48.5 Å². The standard InChI is InChI=1S/C14H16N2O5S/c1-7(17)22-5-4-11(18)13(19)8-2-3-10-9(6-8)12(14(20)21)16-15-10/h2-3,6,11,13,18-19H,4-5H2,1H3,(H,15,16)(H,20,21). The summed E-state index contributed by atoms with van der Waals surface area (Å²) >= 11 is 1.08. The summed E-state index contributed by atoms with van der Waals surface area (Å²) in [4.78, 5) is 21.9. The Bertz CT molecular complexity index is 700. The smallest absolute Gasteiger partial charge is 0.357 e. The summed E-state index contributed by atoms with van der Waals surface area (Å²) in [6.45, 7) is 1.44. The van der Waals surface area contributed by atoms with Gasteiger partial charge in [-0.05, 0) is 24.1 Å². The van der Waals surface area contributed by atoms with E-state index in [1.165, 1.54) is 13.0 Å². The minimum absolute atomic E-state index is 0.0485. The molecule has 22 heavy (non-hydrogen) atoms. The number of hydrogen-bond donors (Lipinski definition) is 4. The lowest BCUT2D eigenvalue weighted by molar-refractivity contribution is -0.109. The molecule has 0 saturated heterocycles. The lowest BCUT2D eigenvalue weighted by Gasteiger charge is -2.17. The molecule has 0 radical (unpaired) electrons. The van der Waals surface area contributed by atoms with Crippen molar-refractivity contribution in [2.45, 2.75) is 25.6 Å². The van der Waals surface area contributed by atoms with Crippen LogP contribution in [0.1, 0.15) is 35.5 Å². The topological polar surface area (TPSA) is 124 Å². The van der Waals surface area contributed by atoms with Gasteiger partial charge in [-0.3, -0.25) is 9.89 Å². The molecule has 1 aromatic carbocycles. The summed E-state index contributed by atoms with van der Waals surface area (Å²) in [5, 5.41) is 35.8. The maximum absolute atomic E-state index is 11.1. The summed E-state index contributed by atoms with van der Waals surface area (Å²) in [5.41, 5.74) is 0.803. The van der Waals surface area contributed by atoms with Crippen molar-refractivity contribution in [3.05, 3.63) is 29.5 Å². The number of aliphatic hydroxyl groups is 2. The number of carboxylic acid groups (broad SMARTS) is 1. The van der Waals surface area contributed by atoms with E-state index < -0.39 is 18.2 Å². The van der Waals surface area contributed by atoms with Crippen LogP contribution in [0, 0.1) is 0 Å². The quantitative estimate of drug-likeness (QED) is 0.632. The first-order valence-corrected chi connectivity index (χ1v) is 7.59. The lowest BCUT2D eigenvalue weighted by Crippen LogP contribution is -2.19. The van der Waals surface area contributed by atoms with E-state index in [4.69, 9.17) is 5.11 Å². The molecule has 4 N–H and O–H groups in total. The van der Waals surface area contributed by atoms with Crippen LogP contribution in [-0.2, 0) is 4.79 Å². The number of nitrogens with one attached hydrogen (secondary N) is 1. The number of aromatic carboxylic acids is 1. The minimum atomic E-state index is -1.17. The van der Waals surface area contributed by atoms with Crippen molar-refractivity contribution in [1.29, 1.82) is 0 Å². The second-order valence-electron chi connectivity index (χ2n) is 4.82.